The minimum Gasteiger partial charge on any atom is -0.384 e. The van der Waals surface area contributed by atoms with Gasteiger partial charge in [-0.05, 0) is 18.6 Å². The Labute approximate surface area is 88.1 Å². The van der Waals surface area contributed by atoms with E-state index in [9.17, 15) is 4.79 Å². The van der Waals surface area contributed by atoms with Gasteiger partial charge in [-0.1, -0.05) is 6.07 Å². The highest BCUT2D eigenvalue weighted by molar-refractivity contribution is 5.78. The summed E-state index contributed by atoms with van der Waals surface area (Å²) in [7, 11) is 0. The Morgan fingerprint density at radius 1 is 1.60 bits per heavy atom. The van der Waals surface area contributed by atoms with E-state index in [2.05, 4.69) is 15.6 Å². The van der Waals surface area contributed by atoms with Crippen molar-refractivity contribution >= 4 is 17.5 Å². The number of hydrogen-bond donors (Lipinski definition) is 3. The van der Waals surface area contributed by atoms with E-state index in [1.54, 1.807) is 6.07 Å². The Hall–Kier alpha value is -1.78. The van der Waals surface area contributed by atoms with E-state index in [0.717, 1.165) is 12.2 Å². The molecule has 1 aromatic rings. The summed E-state index contributed by atoms with van der Waals surface area (Å²) in [6.45, 7) is 0.697. The van der Waals surface area contributed by atoms with Gasteiger partial charge in [0.15, 0.2) is 0 Å². The molecule has 0 aromatic carbocycles. The molecule has 0 saturated carbocycles. The van der Waals surface area contributed by atoms with Gasteiger partial charge in [0.05, 0.1) is 0 Å². The highest BCUT2D eigenvalue weighted by atomic mass is 16.1. The number of amides is 1. The first kappa shape index (κ1) is 9.76. The highest BCUT2D eigenvalue weighted by Gasteiger charge is 2.19. The molecule has 1 amide bonds. The summed E-state index contributed by atoms with van der Waals surface area (Å²) in [4.78, 5) is 15.1. The average Bonchev–Trinajstić information content (AvgIpc) is 2.62. The molecule has 2 heterocycles. The molecule has 80 valence electrons. The maximum atomic E-state index is 10.9. The van der Waals surface area contributed by atoms with E-state index >= 15 is 0 Å². The largest absolute Gasteiger partial charge is 0.384 e. The first-order chi connectivity index (χ1) is 7.24. The van der Waals surface area contributed by atoms with Crippen LogP contribution in [0.25, 0.3) is 0 Å². The molecule has 1 aliphatic heterocycles. The summed E-state index contributed by atoms with van der Waals surface area (Å²) in [5, 5.41) is 6.02. The van der Waals surface area contributed by atoms with E-state index in [1.165, 1.54) is 0 Å². The molecule has 15 heavy (non-hydrogen) atoms. The van der Waals surface area contributed by atoms with Crippen molar-refractivity contribution in [2.45, 2.75) is 18.9 Å². The quantitative estimate of drug-likeness (QED) is 0.667. The average molecular weight is 206 g/mol. The van der Waals surface area contributed by atoms with Gasteiger partial charge < -0.3 is 16.4 Å². The van der Waals surface area contributed by atoms with Crippen LogP contribution in [0.15, 0.2) is 18.2 Å². The van der Waals surface area contributed by atoms with Crippen LogP contribution < -0.4 is 16.4 Å². The zero-order valence-corrected chi connectivity index (χ0v) is 8.36. The van der Waals surface area contributed by atoms with Crippen LogP contribution in [0.5, 0.6) is 0 Å². The number of anilines is 2. The molecule has 1 saturated heterocycles. The van der Waals surface area contributed by atoms with E-state index in [0.29, 0.717) is 18.8 Å². The Balaban J connectivity index is 1.85. The predicted octanol–water partition coefficient (Wildman–Crippen LogP) is 0.354. The van der Waals surface area contributed by atoms with Gasteiger partial charge in [-0.3, -0.25) is 4.79 Å². The van der Waals surface area contributed by atoms with E-state index in [4.69, 9.17) is 5.73 Å². The van der Waals surface area contributed by atoms with Gasteiger partial charge in [0.1, 0.15) is 11.6 Å². The van der Waals surface area contributed by atoms with Crippen LogP contribution in [-0.2, 0) is 4.79 Å². The molecule has 1 unspecified atom stereocenters. The number of rotatable bonds is 3. The third kappa shape index (κ3) is 2.59. The lowest BCUT2D eigenvalue weighted by molar-refractivity contribution is -0.119. The molecule has 1 aliphatic rings. The molecular weight excluding hydrogens is 192 g/mol. The number of nitrogen functional groups attached to an aromatic ring is 1. The fraction of sp³-hybridized carbons (Fsp3) is 0.400. The van der Waals surface area contributed by atoms with Gasteiger partial charge in [-0.15, -0.1) is 0 Å². The van der Waals surface area contributed by atoms with Gasteiger partial charge in [0.2, 0.25) is 5.91 Å². The van der Waals surface area contributed by atoms with Crippen LogP contribution in [0.1, 0.15) is 12.8 Å². The maximum Gasteiger partial charge on any atom is 0.220 e. The molecule has 0 aliphatic carbocycles. The molecule has 0 bridgehead atoms. The summed E-state index contributed by atoms with van der Waals surface area (Å²) >= 11 is 0. The van der Waals surface area contributed by atoms with Gasteiger partial charge in [-0.2, -0.15) is 0 Å². The lowest BCUT2D eigenvalue weighted by atomic mass is 10.2. The summed E-state index contributed by atoms with van der Waals surface area (Å²) in [5.41, 5.74) is 5.54. The van der Waals surface area contributed by atoms with Crippen LogP contribution in [0, 0.1) is 0 Å². The van der Waals surface area contributed by atoms with Crippen molar-refractivity contribution in [2.75, 3.05) is 17.6 Å². The third-order valence-electron chi connectivity index (χ3n) is 2.39. The molecule has 5 nitrogen and oxygen atoms in total. The molecule has 5 heteroatoms. The number of carbonyl (C=O) groups is 1. The van der Waals surface area contributed by atoms with Gasteiger partial charge in [-0.25, -0.2) is 4.98 Å². The minimum absolute atomic E-state index is 0.127. The number of nitrogens with zero attached hydrogens (tertiary/aromatic N) is 1. The van der Waals surface area contributed by atoms with Crippen molar-refractivity contribution in [1.29, 1.82) is 0 Å². The van der Waals surface area contributed by atoms with E-state index in [1.807, 2.05) is 12.1 Å². The molecule has 1 aromatic heterocycles. The van der Waals surface area contributed by atoms with Crippen molar-refractivity contribution in [3.05, 3.63) is 18.2 Å². The summed E-state index contributed by atoms with van der Waals surface area (Å²) in [6, 6.07) is 5.65. The number of pyridine rings is 1. The zero-order chi connectivity index (χ0) is 10.7. The number of aromatic nitrogens is 1. The smallest absolute Gasteiger partial charge is 0.220 e. The van der Waals surface area contributed by atoms with Crippen molar-refractivity contribution < 1.29 is 4.79 Å². The molecule has 1 atom stereocenters. The van der Waals surface area contributed by atoms with Gasteiger partial charge in [0.25, 0.3) is 0 Å². The lowest BCUT2D eigenvalue weighted by Crippen LogP contribution is -2.31. The SMILES string of the molecule is Nc1cccc(NCC2CCC(=O)N2)n1. The first-order valence-corrected chi connectivity index (χ1v) is 5.00. The maximum absolute atomic E-state index is 10.9. The standard InChI is InChI=1S/C10H14N4O/c11-8-2-1-3-9(14-8)12-6-7-4-5-10(15)13-7/h1-3,7H,4-6H2,(H,13,15)(H3,11,12,14). The Morgan fingerprint density at radius 3 is 3.13 bits per heavy atom. The number of hydrogen-bond acceptors (Lipinski definition) is 4. The van der Waals surface area contributed by atoms with Crippen LogP contribution >= 0.6 is 0 Å². The van der Waals surface area contributed by atoms with Crippen molar-refractivity contribution in [1.82, 2.24) is 10.3 Å². The zero-order valence-electron chi connectivity index (χ0n) is 8.36. The predicted molar refractivity (Wildman–Crippen MR) is 58.3 cm³/mol. The third-order valence-corrected chi connectivity index (χ3v) is 2.39. The summed E-state index contributed by atoms with van der Waals surface area (Å²) in [5.74, 6) is 1.37. The monoisotopic (exact) mass is 206 g/mol. The summed E-state index contributed by atoms with van der Waals surface area (Å²) in [6.07, 6.45) is 1.50. The fourth-order valence-corrected chi connectivity index (χ4v) is 1.61. The number of nitrogens with one attached hydrogen (secondary N) is 2. The second-order valence-corrected chi connectivity index (χ2v) is 3.63. The Morgan fingerprint density at radius 2 is 2.47 bits per heavy atom. The topological polar surface area (TPSA) is 80.0 Å². The molecule has 0 radical (unpaired) electrons. The minimum atomic E-state index is 0.127. The van der Waals surface area contributed by atoms with Crippen LogP contribution in [0.4, 0.5) is 11.6 Å². The van der Waals surface area contributed by atoms with Crippen molar-refractivity contribution in [2.24, 2.45) is 0 Å². The van der Waals surface area contributed by atoms with E-state index < -0.39 is 0 Å². The van der Waals surface area contributed by atoms with Crippen molar-refractivity contribution in [3.8, 4) is 0 Å². The van der Waals surface area contributed by atoms with Gasteiger partial charge >= 0.3 is 0 Å². The van der Waals surface area contributed by atoms with Crippen molar-refractivity contribution in [3.63, 3.8) is 0 Å². The van der Waals surface area contributed by atoms with Crippen LogP contribution in [-0.4, -0.2) is 23.5 Å². The molecule has 1 fully saturated rings. The first-order valence-electron chi connectivity index (χ1n) is 5.00. The lowest BCUT2D eigenvalue weighted by Gasteiger charge is -2.11. The van der Waals surface area contributed by atoms with E-state index in [-0.39, 0.29) is 11.9 Å². The molecule has 2 rings (SSSR count). The molecule has 4 N–H and O–H groups in total. The summed E-state index contributed by atoms with van der Waals surface area (Å²) < 4.78 is 0. The Kier molecular flexibility index (Phi) is 2.71. The second kappa shape index (κ2) is 4.16. The highest BCUT2D eigenvalue weighted by Crippen LogP contribution is 2.09. The Bertz CT molecular complexity index is 366. The molecular formula is C10H14N4O. The van der Waals surface area contributed by atoms with Crippen LogP contribution in [0.3, 0.4) is 0 Å². The normalized spacial score (nSPS) is 20.0. The number of carbonyl (C=O) groups excluding carboxylic acids is 1. The van der Waals surface area contributed by atoms with Gasteiger partial charge in [0, 0.05) is 19.0 Å². The molecule has 0 spiro atoms. The second-order valence-electron chi connectivity index (χ2n) is 3.63. The van der Waals surface area contributed by atoms with Crippen LogP contribution in [0.2, 0.25) is 0 Å². The number of nitrogens with two attached hydrogens (primary N) is 1. The fourth-order valence-electron chi connectivity index (χ4n) is 1.61.